The number of H-pyrrole nitrogens is 1. The molecule has 1 fully saturated rings. The summed E-state index contributed by atoms with van der Waals surface area (Å²) in [5, 5.41) is 4.26. The number of aromatic nitrogens is 1. The Morgan fingerprint density at radius 3 is 2.88 bits per heavy atom. The molecular weight excluding hydrogens is 328 g/mol. The lowest BCUT2D eigenvalue weighted by atomic mass is 9.87. The van der Waals surface area contributed by atoms with Gasteiger partial charge in [0.2, 0.25) is 12.7 Å². The number of ether oxygens (including phenoxy) is 2. The molecule has 0 unspecified atom stereocenters. The van der Waals surface area contributed by atoms with Crippen LogP contribution in [0.3, 0.4) is 0 Å². The van der Waals surface area contributed by atoms with Crippen LogP contribution in [0.4, 0.5) is 0 Å². The summed E-state index contributed by atoms with van der Waals surface area (Å²) in [6.45, 7) is 0.249. The van der Waals surface area contributed by atoms with Crippen LogP contribution in [0.25, 0.3) is 10.9 Å². The third-order valence-corrected chi connectivity index (χ3v) is 5.13. The van der Waals surface area contributed by atoms with E-state index in [0.29, 0.717) is 12.5 Å². The molecule has 5 nitrogen and oxygen atoms in total. The average molecular weight is 348 g/mol. The summed E-state index contributed by atoms with van der Waals surface area (Å²) in [4.78, 5) is 15.9. The van der Waals surface area contributed by atoms with E-state index in [9.17, 15) is 4.79 Å². The molecule has 1 amide bonds. The normalized spacial score (nSPS) is 16.6. The number of rotatable bonds is 5. The van der Waals surface area contributed by atoms with Gasteiger partial charge in [0.25, 0.3) is 0 Å². The number of hydrogen-bond acceptors (Lipinski definition) is 3. The van der Waals surface area contributed by atoms with E-state index in [4.69, 9.17) is 9.47 Å². The Balaban J connectivity index is 1.54. The topological polar surface area (TPSA) is 63.4 Å². The van der Waals surface area contributed by atoms with Crippen LogP contribution in [0.1, 0.15) is 36.3 Å². The van der Waals surface area contributed by atoms with E-state index in [1.807, 2.05) is 36.5 Å². The molecule has 5 heteroatoms. The molecule has 132 valence electrons. The summed E-state index contributed by atoms with van der Waals surface area (Å²) in [6.07, 6.45) is 4.61. The SMILES string of the molecule is O=C(C[C@H](c1ccc2c(c1)OCO2)c1c[nH]c2ccccc12)NC1CC1. The van der Waals surface area contributed by atoms with Crippen molar-refractivity contribution in [2.75, 3.05) is 6.79 Å². The van der Waals surface area contributed by atoms with Crippen molar-refractivity contribution < 1.29 is 14.3 Å². The second-order valence-corrected chi connectivity index (χ2v) is 7.00. The number of para-hydroxylation sites is 1. The highest BCUT2D eigenvalue weighted by Crippen LogP contribution is 2.39. The van der Waals surface area contributed by atoms with Crippen LogP contribution < -0.4 is 14.8 Å². The van der Waals surface area contributed by atoms with Gasteiger partial charge in [-0.15, -0.1) is 0 Å². The van der Waals surface area contributed by atoms with Crippen molar-refractivity contribution in [3.63, 3.8) is 0 Å². The van der Waals surface area contributed by atoms with E-state index in [-0.39, 0.29) is 18.6 Å². The third-order valence-electron chi connectivity index (χ3n) is 5.13. The van der Waals surface area contributed by atoms with Gasteiger partial charge in [-0.2, -0.15) is 0 Å². The highest BCUT2D eigenvalue weighted by Gasteiger charge is 2.27. The second-order valence-electron chi connectivity index (χ2n) is 7.00. The molecule has 26 heavy (non-hydrogen) atoms. The van der Waals surface area contributed by atoms with Gasteiger partial charge in [0.15, 0.2) is 11.5 Å². The molecule has 1 aliphatic carbocycles. The Hall–Kier alpha value is -2.95. The lowest BCUT2D eigenvalue weighted by Gasteiger charge is -2.17. The average Bonchev–Trinajstić information content (AvgIpc) is 3.19. The number of amides is 1. The summed E-state index contributed by atoms with van der Waals surface area (Å²) < 4.78 is 11.0. The van der Waals surface area contributed by atoms with Crippen molar-refractivity contribution in [1.82, 2.24) is 10.3 Å². The van der Waals surface area contributed by atoms with E-state index < -0.39 is 0 Å². The van der Waals surface area contributed by atoms with E-state index in [0.717, 1.165) is 46.4 Å². The predicted molar refractivity (Wildman–Crippen MR) is 98.5 cm³/mol. The maximum absolute atomic E-state index is 12.6. The number of hydrogen-bond donors (Lipinski definition) is 2. The minimum Gasteiger partial charge on any atom is -0.454 e. The predicted octanol–water partition coefficient (Wildman–Crippen LogP) is 3.70. The van der Waals surface area contributed by atoms with Crippen LogP contribution in [-0.2, 0) is 4.79 Å². The Labute approximate surface area is 151 Å². The molecule has 1 aromatic heterocycles. The molecule has 0 radical (unpaired) electrons. The van der Waals surface area contributed by atoms with Crippen molar-refractivity contribution in [2.24, 2.45) is 0 Å². The molecule has 3 aromatic rings. The zero-order valence-electron chi connectivity index (χ0n) is 14.3. The first-order valence-electron chi connectivity index (χ1n) is 9.03. The standard InChI is InChI=1S/C21H20N2O3/c24-21(23-14-6-7-14)10-16(13-5-8-19-20(9-13)26-12-25-19)17-11-22-18-4-2-1-3-15(17)18/h1-5,8-9,11,14,16,22H,6-7,10,12H2,(H,23,24)/t16-/m1/s1. The molecule has 1 aliphatic heterocycles. The maximum Gasteiger partial charge on any atom is 0.231 e. The molecule has 2 aliphatic rings. The van der Waals surface area contributed by atoms with Crippen molar-refractivity contribution in [2.45, 2.75) is 31.2 Å². The third kappa shape index (κ3) is 2.79. The second kappa shape index (κ2) is 6.09. The zero-order chi connectivity index (χ0) is 17.5. The summed E-state index contributed by atoms with van der Waals surface area (Å²) >= 11 is 0. The molecule has 0 bridgehead atoms. The van der Waals surface area contributed by atoms with Gasteiger partial charge in [-0.05, 0) is 42.2 Å². The van der Waals surface area contributed by atoms with Crippen LogP contribution >= 0.6 is 0 Å². The van der Waals surface area contributed by atoms with Gasteiger partial charge in [-0.25, -0.2) is 0 Å². The maximum atomic E-state index is 12.6. The van der Waals surface area contributed by atoms with Crippen molar-refractivity contribution in [3.05, 3.63) is 59.8 Å². The summed E-state index contributed by atoms with van der Waals surface area (Å²) in [5.74, 6) is 1.56. The first-order chi connectivity index (χ1) is 12.8. The first kappa shape index (κ1) is 15.3. The number of aromatic amines is 1. The number of nitrogens with one attached hydrogen (secondary N) is 2. The van der Waals surface area contributed by atoms with Gasteiger partial charge in [0.1, 0.15) is 0 Å². The highest BCUT2D eigenvalue weighted by atomic mass is 16.7. The van der Waals surface area contributed by atoms with Crippen molar-refractivity contribution in [3.8, 4) is 11.5 Å². The minimum atomic E-state index is -0.0422. The van der Waals surface area contributed by atoms with Crippen LogP contribution in [-0.4, -0.2) is 23.7 Å². The van der Waals surface area contributed by atoms with E-state index in [1.165, 1.54) is 0 Å². The molecule has 5 rings (SSSR count). The summed E-state index contributed by atoms with van der Waals surface area (Å²) in [5.41, 5.74) is 3.27. The monoisotopic (exact) mass is 348 g/mol. The lowest BCUT2D eigenvalue weighted by molar-refractivity contribution is -0.121. The van der Waals surface area contributed by atoms with Crippen LogP contribution in [0.5, 0.6) is 11.5 Å². The molecule has 0 saturated heterocycles. The Bertz CT molecular complexity index is 974. The van der Waals surface area contributed by atoms with Gasteiger partial charge < -0.3 is 19.8 Å². The first-order valence-corrected chi connectivity index (χ1v) is 9.03. The van der Waals surface area contributed by atoms with Crippen molar-refractivity contribution >= 4 is 16.8 Å². The van der Waals surface area contributed by atoms with Crippen LogP contribution in [0, 0.1) is 0 Å². The largest absolute Gasteiger partial charge is 0.454 e. The number of benzene rings is 2. The molecule has 0 spiro atoms. The Kier molecular flexibility index (Phi) is 3.59. The van der Waals surface area contributed by atoms with Gasteiger partial charge in [0, 0.05) is 35.5 Å². The number of carbonyl (C=O) groups excluding carboxylic acids is 1. The summed E-state index contributed by atoms with van der Waals surface area (Å²) in [7, 11) is 0. The minimum absolute atomic E-state index is 0.0422. The molecule has 2 N–H and O–H groups in total. The Morgan fingerprint density at radius 1 is 1.15 bits per heavy atom. The number of fused-ring (bicyclic) bond motifs is 2. The molecule has 2 aromatic carbocycles. The van der Waals surface area contributed by atoms with E-state index in [1.54, 1.807) is 0 Å². The number of carbonyl (C=O) groups is 1. The Morgan fingerprint density at radius 2 is 2.00 bits per heavy atom. The molecular formula is C21H20N2O3. The van der Waals surface area contributed by atoms with E-state index in [2.05, 4.69) is 22.4 Å². The summed E-state index contributed by atoms with van der Waals surface area (Å²) in [6, 6.07) is 14.5. The fourth-order valence-corrected chi connectivity index (χ4v) is 3.62. The smallest absolute Gasteiger partial charge is 0.231 e. The fourth-order valence-electron chi connectivity index (χ4n) is 3.62. The van der Waals surface area contributed by atoms with Gasteiger partial charge in [-0.1, -0.05) is 24.3 Å². The van der Waals surface area contributed by atoms with Crippen LogP contribution in [0.15, 0.2) is 48.7 Å². The van der Waals surface area contributed by atoms with Gasteiger partial charge in [-0.3, -0.25) is 4.79 Å². The van der Waals surface area contributed by atoms with E-state index >= 15 is 0 Å². The zero-order valence-corrected chi connectivity index (χ0v) is 14.3. The van der Waals surface area contributed by atoms with Crippen LogP contribution in [0.2, 0.25) is 0 Å². The van der Waals surface area contributed by atoms with Gasteiger partial charge in [0.05, 0.1) is 0 Å². The lowest BCUT2D eigenvalue weighted by Crippen LogP contribution is -2.27. The van der Waals surface area contributed by atoms with Gasteiger partial charge >= 0.3 is 0 Å². The molecule has 1 saturated carbocycles. The molecule has 2 heterocycles. The fraction of sp³-hybridized carbons (Fsp3) is 0.286. The highest BCUT2D eigenvalue weighted by molar-refractivity contribution is 5.86. The van der Waals surface area contributed by atoms with Crippen molar-refractivity contribution in [1.29, 1.82) is 0 Å². The molecule has 1 atom stereocenters. The quantitative estimate of drug-likeness (QED) is 0.739.